The van der Waals surface area contributed by atoms with Crippen molar-refractivity contribution in [3.8, 4) is 0 Å². The largest absolute Gasteiger partial charge is 0.370 e. The molecule has 1 saturated heterocycles. The van der Waals surface area contributed by atoms with E-state index in [0.29, 0.717) is 29.3 Å². The normalized spacial score (nSPS) is 61.3. The second-order valence-electron chi connectivity index (χ2n) is 10.7. The molecule has 10 atom stereocenters. The molecule has 2 nitrogen and oxygen atoms in total. The summed E-state index contributed by atoms with van der Waals surface area (Å²) in [5.41, 5.74) is 0.776. The highest BCUT2D eigenvalue weighted by atomic mass is 16.6. The van der Waals surface area contributed by atoms with Crippen LogP contribution in [0.2, 0.25) is 0 Å². The SMILES string of the molecule is CC(=O)[C@H]1CCC2[C@@H]3CCC4C[C@@H]5O[C@@H]5C[C@]4(C)C3[C@@H](C)C[C@@]21C. The molecule has 1 heterocycles. The summed E-state index contributed by atoms with van der Waals surface area (Å²) in [4.78, 5) is 12.3. The molecule has 134 valence electrons. The lowest BCUT2D eigenvalue weighted by Crippen LogP contribution is -2.56. The topological polar surface area (TPSA) is 29.6 Å². The van der Waals surface area contributed by atoms with Crippen molar-refractivity contribution in [2.75, 3.05) is 0 Å². The zero-order chi connectivity index (χ0) is 16.9. The fraction of sp³-hybridized carbons (Fsp3) is 0.955. The molecule has 0 spiro atoms. The number of Topliss-reactive ketones (excluding diaryl/α,β-unsaturated/α-hetero) is 1. The third kappa shape index (κ3) is 1.90. The Hall–Kier alpha value is -0.370. The summed E-state index contributed by atoms with van der Waals surface area (Å²) in [6, 6.07) is 0. The predicted octanol–water partition coefficient (Wildman–Crippen LogP) is 4.86. The molecule has 3 unspecified atom stereocenters. The summed E-state index contributed by atoms with van der Waals surface area (Å²) in [7, 11) is 0. The Labute approximate surface area is 147 Å². The Balaban J connectivity index is 1.50. The number of epoxide rings is 1. The third-order valence-corrected chi connectivity index (χ3v) is 9.64. The van der Waals surface area contributed by atoms with E-state index in [1.165, 1.54) is 38.5 Å². The average molecular weight is 331 g/mol. The molecule has 5 fully saturated rings. The number of hydrogen-bond acceptors (Lipinski definition) is 2. The van der Waals surface area contributed by atoms with E-state index in [2.05, 4.69) is 20.8 Å². The van der Waals surface area contributed by atoms with E-state index in [1.54, 1.807) is 0 Å². The van der Waals surface area contributed by atoms with Crippen molar-refractivity contribution in [2.24, 2.45) is 46.3 Å². The molecule has 0 aromatic heterocycles. The first-order chi connectivity index (χ1) is 11.3. The van der Waals surface area contributed by atoms with Gasteiger partial charge in [-0.15, -0.1) is 0 Å². The van der Waals surface area contributed by atoms with E-state index < -0.39 is 0 Å². The van der Waals surface area contributed by atoms with E-state index in [0.717, 1.165) is 36.0 Å². The van der Waals surface area contributed by atoms with Crippen LogP contribution in [0.4, 0.5) is 0 Å². The molecule has 2 heteroatoms. The maximum absolute atomic E-state index is 12.3. The van der Waals surface area contributed by atoms with Gasteiger partial charge in [-0.25, -0.2) is 0 Å². The van der Waals surface area contributed by atoms with Gasteiger partial charge in [0.1, 0.15) is 5.78 Å². The summed E-state index contributed by atoms with van der Waals surface area (Å²) in [6.07, 6.45) is 10.4. The van der Waals surface area contributed by atoms with Crippen LogP contribution in [-0.2, 0) is 9.53 Å². The van der Waals surface area contributed by atoms with Crippen LogP contribution in [0.25, 0.3) is 0 Å². The summed E-state index contributed by atoms with van der Waals surface area (Å²) in [6.45, 7) is 9.45. The minimum Gasteiger partial charge on any atom is -0.370 e. The minimum absolute atomic E-state index is 0.281. The first-order valence-electron chi connectivity index (χ1n) is 10.5. The van der Waals surface area contributed by atoms with Crippen LogP contribution in [0.15, 0.2) is 0 Å². The van der Waals surface area contributed by atoms with Gasteiger partial charge < -0.3 is 4.74 Å². The van der Waals surface area contributed by atoms with Gasteiger partial charge in [-0.05, 0) is 92.3 Å². The third-order valence-electron chi connectivity index (χ3n) is 9.64. The van der Waals surface area contributed by atoms with E-state index in [9.17, 15) is 4.79 Å². The monoisotopic (exact) mass is 330 g/mol. The number of rotatable bonds is 1. The van der Waals surface area contributed by atoms with Gasteiger partial charge in [0.2, 0.25) is 0 Å². The Morgan fingerprint density at radius 2 is 1.79 bits per heavy atom. The Morgan fingerprint density at radius 3 is 2.54 bits per heavy atom. The van der Waals surface area contributed by atoms with Gasteiger partial charge in [-0.1, -0.05) is 20.8 Å². The first-order valence-corrected chi connectivity index (χ1v) is 10.5. The number of carbonyl (C=O) groups excluding carboxylic acids is 1. The zero-order valence-electron chi connectivity index (χ0n) is 15.9. The Morgan fingerprint density at radius 1 is 1.00 bits per heavy atom. The number of carbonyl (C=O) groups is 1. The van der Waals surface area contributed by atoms with E-state index in [1.807, 2.05) is 6.92 Å². The number of hydrogen-bond donors (Lipinski definition) is 0. The highest BCUT2D eigenvalue weighted by Crippen LogP contribution is 2.70. The lowest BCUT2D eigenvalue weighted by atomic mass is 9.42. The molecule has 0 radical (unpaired) electrons. The van der Waals surface area contributed by atoms with Crippen molar-refractivity contribution in [3.63, 3.8) is 0 Å². The summed E-state index contributed by atoms with van der Waals surface area (Å²) < 4.78 is 5.96. The van der Waals surface area contributed by atoms with Gasteiger partial charge >= 0.3 is 0 Å². The zero-order valence-corrected chi connectivity index (χ0v) is 15.9. The summed E-state index contributed by atoms with van der Waals surface area (Å²) >= 11 is 0. The van der Waals surface area contributed by atoms with Gasteiger partial charge in [-0.2, -0.15) is 0 Å². The molecule has 4 saturated carbocycles. The summed E-state index contributed by atoms with van der Waals surface area (Å²) in [5.74, 6) is 4.96. The highest BCUT2D eigenvalue weighted by Gasteiger charge is 2.65. The molecule has 4 aliphatic carbocycles. The number of ether oxygens (including phenoxy) is 1. The summed E-state index contributed by atoms with van der Waals surface area (Å²) in [5, 5.41) is 0. The van der Waals surface area contributed by atoms with Gasteiger partial charge in [0.25, 0.3) is 0 Å². The van der Waals surface area contributed by atoms with Gasteiger partial charge in [-0.3, -0.25) is 4.79 Å². The Bertz CT molecular complexity index is 570. The van der Waals surface area contributed by atoms with Crippen LogP contribution in [0.3, 0.4) is 0 Å². The molecular formula is C22H34O2. The van der Waals surface area contributed by atoms with E-state index in [4.69, 9.17) is 4.74 Å². The van der Waals surface area contributed by atoms with Crippen molar-refractivity contribution in [1.82, 2.24) is 0 Å². The van der Waals surface area contributed by atoms with Crippen LogP contribution in [0.1, 0.15) is 72.6 Å². The molecule has 5 aliphatic rings. The van der Waals surface area contributed by atoms with Crippen molar-refractivity contribution in [1.29, 1.82) is 0 Å². The van der Waals surface area contributed by atoms with Crippen LogP contribution in [-0.4, -0.2) is 18.0 Å². The lowest BCUT2D eigenvalue weighted by molar-refractivity contribution is -0.144. The Kier molecular flexibility index (Phi) is 3.22. The molecule has 0 N–H and O–H groups in total. The van der Waals surface area contributed by atoms with Gasteiger partial charge in [0.05, 0.1) is 12.2 Å². The lowest BCUT2D eigenvalue weighted by Gasteiger charge is -2.62. The van der Waals surface area contributed by atoms with Gasteiger partial charge in [0.15, 0.2) is 0 Å². The quantitative estimate of drug-likeness (QED) is 0.643. The second-order valence-corrected chi connectivity index (χ2v) is 10.7. The molecule has 0 aromatic rings. The molecule has 0 bridgehead atoms. The molecule has 0 aromatic carbocycles. The molecule has 24 heavy (non-hydrogen) atoms. The van der Waals surface area contributed by atoms with Crippen LogP contribution < -0.4 is 0 Å². The highest BCUT2D eigenvalue weighted by molar-refractivity contribution is 5.79. The van der Waals surface area contributed by atoms with Crippen molar-refractivity contribution in [2.45, 2.75) is 84.8 Å². The maximum Gasteiger partial charge on any atom is 0.133 e. The molecule has 0 amide bonds. The van der Waals surface area contributed by atoms with Crippen molar-refractivity contribution >= 4 is 5.78 Å². The van der Waals surface area contributed by atoms with E-state index >= 15 is 0 Å². The first kappa shape index (κ1) is 15.9. The fourth-order valence-electron chi connectivity index (χ4n) is 8.91. The second kappa shape index (κ2) is 4.87. The predicted molar refractivity (Wildman–Crippen MR) is 94.5 cm³/mol. The molecule has 1 aliphatic heterocycles. The average Bonchev–Trinajstić information content (AvgIpc) is 3.13. The van der Waals surface area contributed by atoms with Crippen LogP contribution in [0.5, 0.6) is 0 Å². The van der Waals surface area contributed by atoms with Gasteiger partial charge in [0, 0.05) is 5.92 Å². The standard InChI is InChI=1S/C22H34O2/c1-12-10-22(4)16(13(2)23)7-8-17(22)15-6-5-14-9-18-19(24-18)11-21(14,3)20(12)15/h12,14-20H,5-11H2,1-4H3/t12-,14?,15-,16+,17?,18-,19+,20?,21-,22+/m0/s1. The fourth-order valence-corrected chi connectivity index (χ4v) is 8.91. The van der Waals surface area contributed by atoms with Crippen molar-refractivity contribution < 1.29 is 9.53 Å². The van der Waals surface area contributed by atoms with Crippen LogP contribution >= 0.6 is 0 Å². The minimum atomic E-state index is 0.281. The molecule has 5 rings (SSSR count). The molecular weight excluding hydrogens is 296 g/mol. The van der Waals surface area contributed by atoms with E-state index in [-0.39, 0.29) is 5.41 Å². The number of ketones is 1. The van der Waals surface area contributed by atoms with Crippen molar-refractivity contribution in [3.05, 3.63) is 0 Å². The number of fused-ring (bicyclic) bond motifs is 6. The van der Waals surface area contributed by atoms with Crippen LogP contribution in [0, 0.1) is 46.3 Å². The maximum atomic E-state index is 12.3. The smallest absolute Gasteiger partial charge is 0.133 e.